The third-order valence-electron chi connectivity index (χ3n) is 9.10. The molecule has 0 saturated heterocycles. The highest BCUT2D eigenvalue weighted by atomic mass is 14.4. The summed E-state index contributed by atoms with van der Waals surface area (Å²) in [5.41, 5.74) is 0. The van der Waals surface area contributed by atoms with Crippen molar-refractivity contribution < 1.29 is 0 Å². The SMILES string of the molecule is CC1CCCCC(C2CCC(C)CCC(C3CCCCC(C)CC3)C2)CC1. The van der Waals surface area contributed by atoms with Crippen LogP contribution >= 0.6 is 0 Å². The van der Waals surface area contributed by atoms with E-state index < -0.39 is 0 Å². The number of rotatable bonds is 2. The summed E-state index contributed by atoms with van der Waals surface area (Å²) in [6, 6.07) is 0. The molecule has 0 aromatic carbocycles. The molecule has 3 rings (SSSR count). The molecule has 6 unspecified atom stereocenters. The van der Waals surface area contributed by atoms with Crippen molar-refractivity contribution >= 4 is 0 Å². The zero-order chi connectivity index (χ0) is 19.1. The van der Waals surface area contributed by atoms with Gasteiger partial charge in [-0.2, -0.15) is 0 Å². The average molecular weight is 375 g/mol. The molecule has 0 heterocycles. The van der Waals surface area contributed by atoms with Crippen molar-refractivity contribution in [3.63, 3.8) is 0 Å². The van der Waals surface area contributed by atoms with E-state index >= 15 is 0 Å². The molecule has 3 fully saturated rings. The first-order valence-corrected chi connectivity index (χ1v) is 13.1. The molecule has 0 N–H and O–H groups in total. The van der Waals surface area contributed by atoms with Crippen LogP contribution in [0, 0.1) is 41.4 Å². The second-order valence-corrected chi connectivity index (χ2v) is 11.5. The summed E-state index contributed by atoms with van der Waals surface area (Å²) >= 11 is 0. The van der Waals surface area contributed by atoms with E-state index in [1.807, 2.05) is 0 Å². The highest BCUT2D eigenvalue weighted by molar-refractivity contribution is 4.83. The van der Waals surface area contributed by atoms with Gasteiger partial charge in [0.2, 0.25) is 0 Å². The Morgan fingerprint density at radius 3 is 1.11 bits per heavy atom. The standard InChI is InChI=1S/C27H50/c1-21-8-4-6-10-24(16-12-21)26-18-14-23(3)15-19-27(20-26)25-11-7-5-9-22(2)13-17-25/h21-27H,4-20H2,1-3H3. The van der Waals surface area contributed by atoms with Crippen LogP contribution in [0.5, 0.6) is 0 Å². The number of hydrogen-bond acceptors (Lipinski definition) is 0. The molecule has 0 amide bonds. The lowest BCUT2D eigenvalue weighted by atomic mass is 9.67. The summed E-state index contributed by atoms with van der Waals surface area (Å²) in [4.78, 5) is 0. The van der Waals surface area contributed by atoms with Crippen molar-refractivity contribution in [3.8, 4) is 0 Å². The van der Waals surface area contributed by atoms with Gasteiger partial charge in [0.25, 0.3) is 0 Å². The Kier molecular flexibility index (Phi) is 9.05. The monoisotopic (exact) mass is 374 g/mol. The molecule has 27 heavy (non-hydrogen) atoms. The van der Waals surface area contributed by atoms with Gasteiger partial charge in [0, 0.05) is 0 Å². The first kappa shape index (κ1) is 21.7. The minimum atomic E-state index is 0.982. The fraction of sp³-hybridized carbons (Fsp3) is 1.00. The van der Waals surface area contributed by atoms with Gasteiger partial charge in [-0.3, -0.25) is 0 Å². The van der Waals surface area contributed by atoms with Gasteiger partial charge in [0.15, 0.2) is 0 Å². The summed E-state index contributed by atoms with van der Waals surface area (Å²) in [6.45, 7) is 7.59. The molecule has 0 aromatic rings. The zero-order valence-corrected chi connectivity index (χ0v) is 19.1. The molecule has 3 saturated carbocycles. The molecule has 0 spiro atoms. The normalized spacial score (nSPS) is 43.4. The van der Waals surface area contributed by atoms with Crippen LogP contribution in [0.25, 0.3) is 0 Å². The lowest BCUT2D eigenvalue weighted by molar-refractivity contribution is 0.123. The van der Waals surface area contributed by atoms with Crippen LogP contribution in [0.2, 0.25) is 0 Å². The molecule has 3 aliphatic rings. The van der Waals surface area contributed by atoms with Crippen molar-refractivity contribution in [2.75, 3.05) is 0 Å². The summed E-state index contributed by atoms with van der Waals surface area (Å²) in [7, 11) is 0. The van der Waals surface area contributed by atoms with Gasteiger partial charge in [-0.15, -0.1) is 0 Å². The first-order chi connectivity index (χ1) is 13.1. The molecular formula is C27H50. The lowest BCUT2D eigenvalue weighted by Gasteiger charge is -2.39. The van der Waals surface area contributed by atoms with E-state index in [0.717, 1.165) is 41.4 Å². The molecule has 0 heteroatoms. The maximum Gasteiger partial charge on any atom is -0.0383 e. The fourth-order valence-corrected chi connectivity index (χ4v) is 6.94. The molecule has 158 valence electrons. The quantitative estimate of drug-likeness (QED) is 0.452. The van der Waals surface area contributed by atoms with E-state index in [0.29, 0.717) is 0 Å². The van der Waals surface area contributed by atoms with Crippen LogP contribution in [0.3, 0.4) is 0 Å². The third kappa shape index (κ3) is 7.08. The minimum absolute atomic E-state index is 0.982. The van der Waals surface area contributed by atoms with E-state index in [1.165, 1.54) is 64.2 Å². The molecule has 0 nitrogen and oxygen atoms in total. The van der Waals surface area contributed by atoms with Crippen LogP contribution in [0.4, 0.5) is 0 Å². The van der Waals surface area contributed by atoms with Crippen molar-refractivity contribution in [2.24, 2.45) is 41.4 Å². The van der Waals surface area contributed by atoms with Gasteiger partial charge < -0.3 is 0 Å². The second-order valence-electron chi connectivity index (χ2n) is 11.5. The van der Waals surface area contributed by atoms with E-state index in [1.54, 1.807) is 44.9 Å². The first-order valence-electron chi connectivity index (χ1n) is 13.1. The predicted molar refractivity (Wildman–Crippen MR) is 120 cm³/mol. The van der Waals surface area contributed by atoms with Gasteiger partial charge in [0.05, 0.1) is 0 Å². The van der Waals surface area contributed by atoms with Crippen LogP contribution < -0.4 is 0 Å². The lowest BCUT2D eigenvalue weighted by Crippen LogP contribution is -2.28. The molecule has 0 bridgehead atoms. The number of hydrogen-bond donors (Lipinski definition) is 0. The Balaban J connectivity index is 1.65. The maximum atomic E-state index is 2.56. The maximum absolute atomic E-state index is 2.56. The van der Waals surface area contributed by atoms with Crippen molar-refractivity contribution in [1.82, 2.24) is 0 Å². The van der Waals surface area contributed by atoms with Crippen LogP contribution in [-0.4, -0.2) is 0 Å². The third-order valence-corrected chi connectivity index (χ3v) is 9.10. The van der Waals surface area contributed by atoms with Crippen LogP contribution in [-0.2, 0) is 0 Å². The second kappa shape index (κ2) is 11.3. The minimum Gasteiger partial charge on any atom is -0.0625 e. The summed E-state index contributed by atoms with van der Waals surface area (Å²) in [5, 5.41) is 0. The highest BCUT2D eigenvalue weighted by Crippen LogP contribution is 2.44. The van der Waals surface area contributed by atoms with Crippen LogP contribution in [0.1, 0.15) is 130 Å². The Morgan fingerprint density at radius 2 is 0.667 bits per heavy atom. The Hall–Kier alpha value is 0. The predicted octanol–water partition coefficient (Wildman–Crippen LogP) is 9.03. The Bertz CT molecular complexity index is 363. The van der Waals surface area contributed by atoms with E-state index in [4.69, 9.17) is 0 Å². The van der Waals surface area contributed by atoms with E-state index in [2.05, 4.69) is 20.8 Å². The van der Waals surface area contributed by atoms with Crippen molar-refractivity contribution in [1.29, 1.82) is 0 Å². The summed E-state index contributed by atoms with van der Waals surface area (Å²) < 4.78 is 0. The van der Waals surface area contributed by atoms with Crippen LogP contribution in [0.15, 0.2) is 0 Å². The molecular weight excluding hydrogens is 324 g/mol. The summed E-state index contributed by atoms with van der Waals surface area (Å²) in [6.07, 6.45) is 26.0. The molecule has 3 aliphatic carbocycles. The van der Waals surface area contributed by atoms with Gasteiger partial charge in [-0.1, -0.05) is 97.8 Å². The van der Waals surface area contributed by atoms with Gasteiger partial charge in [-0.25, -0.2) is 0 Å². The van der Waals surface area contributed by atoms with Gasteiger partial charge in [-0.05, 0) is 73.5 Å². The molecule has 0 aliphatic heterocycles. The molecule has 0 aromatic heterocycles. The van der Waals surface area contributed by atoms with Gasteiger partial charge >= 0.3 is 0 Å². The van der Waals surface area contributed by atoms with E-state index in [9.17, 15) is 0 Å². The van der Waals surface area contributed by atoms with Crippen molar-refractivity contribution in [3.05, 3.63) is 0 Å². The van der Waals surface area contributed by atoms with Crippen molar-refractivity contribution in [2.45, 2.75) is 130 Å². The fourth-order valence-electron chi connectivity index (χ4n) is 6.94. The highest BCUT2D eigenvalue weighted by Gasteiger charge is 2.32. The molecule has 0 radical (unpaired) electrons. The molecule has 6 atom stereocenters. The largest absolute Gasteiger partial charge is 0.0625 e. The van der Waals surface area contributed by atoms with Gasteiger partial charge in [0.1, 0.15) is 0 Å². The summed E-state index contributed by atoms with van der Waals surface area (Å²) in [5.74, 6) is 7.21. The smallest absolute Gasteiger partial charge is 0.0383 e. The Morgan fingerprint density at radius 1 is 0.333 bits per heavy atom. The topological polar surface area (TPSA) is 0 Å². The average Bonchev–Trinajstić information content (AvgIpc) is 2.61. The Labute approximate surface area is 171 Å². The zero-order valence-electron chi connectivity index (χ0n) is 19.1. The van der Waals surface area contributed by atoms with E-state index in [-0.39, 0.29) is 0 Å².